The average Bonchev–Trinajstić information content (AvgIpc) is 2.87. The Morgan fingerprint density at radius 1 is 0.378 bits per heavy atom. The Hall–Kier alpha value is -0.530. The lowest BCUT2D eigenvalue weighted by molar-refractivity contribution is -0.137. The zero-order chi connectivity index (χ0) is 27.1. The topological polar surface area (TPSA) is 37.3 Å². The summed E-state index contributed by atoms with van der Waals surface area (Å²) >= 11 is 0. The summed E-state index contributed by atoms with van der Waals surface area (Å²) in [7, 11) is 0. The summed E-state index contributed by atoms with van der Waals surface area (Å²) in [5, 5.41) is 8.63. The maximum absolute atomic E-state index is 10.5. The normalized spacial score (nSPS) is 11.5. The van der Waals surface area contributed by atoms with Crippen LogP contribution in [0.3, 0.4) is 0 Å². The molecule has 2 nitrogen and oxygen atoms in total. The van der Waals surface area contributed by atoms with Crippen molar-refractivity contribution >= 4 is 5.97 Å². The van der Waals surface area contributed by atoms with Crippen molar-refractivity contribution in [2.24, 2.45) is 5.92 Å². The molecule has 0 aromatic carbocycles. The molecule has 0 rings (SSSR count). The van der Waals surface area contributed by atoms with Gasteiger partial charge in [-0.2, -0.15) is 0 Å². The van der Waals surface area contributed by atoms with Crippen LogP contribution in [-0.4, -0.2) is 11.1 Å². The van der Waals surface area contributed by atoms with E-state index in [0.717, 1.165) is 18.8 Å². The molecule has 0 fully saturated rings. The Morgan fingerprint density at radius 2 is 0.568 bits per heavy atom. The first-order valence-corrected chi connectivity index (χ1v) is 17.3. The fraction of sp³-hybridized carbons (Fsp3) is 0.971. The Morgan fingerprint density at radius 3 is 0.757 bits per heavy atom. The number of carboxylic acid groups (broad SMARTS) is 1. The molecule has 0 aromatic rings. The van der Waals surface area contributed by atoms with Crippen LogP contribution in [-0.2, 0) is 4.79 Å². The Kier molecular flexibility index (Phi) is 31.2. The van der Waals surface area contributed by atoms with E-state index in [1.54, 1.807) is 0 Å². The van der Waals surface area contributed by atoms with Crippen molar-refractivity contribution in [2.45, 2.75) is 213 Å². The minimum absolute atomic E-state index is 0.346. The smallest absolute Gasteiger partial charge is 0.303 e. The second kappa shape index (κ2) is 31.7. The SMILES string of the molecule is CC(C)CCCCCCCCCCCCCCCCCCCCCCCCCCCCCCCC(=O)O. The third-order valence-electron chi connectivity index (χ3n) is 8.17. The molecule has 0 aliphatic heterocycles. The second-order valence-electron chi connectivity index (χ2n) is 12.6. The van der Waals surface area contributed by atoms with Crippen LogP contribution in [0, 0.1) is 5.92 Å². The van der Waals surface area contributed by atoms with Gasteiger partial charge in [0.25, 0.3) is 0 Å². The highest BCUT2D eigenvalue weighted by atomic mass is 16.4. The first-order valence-electron chi connectivity index (χ1n) is 17.3. The number of hydrogen-bond acceptors (Lipinski definition) is 1. The van der Waals surface area contributed by atoms with E-state index in [0.29, 0.717) is 6.42 Å². The molecule has 0 bridgehead atoms. The summed E-state index contributed by atoms with van der Waals surface area (Å²) in [6.07, 6.45) is 42.5. The summed E-state index contributed by atoms with van der Waals surface area (Å²) in [4.78, 5) is 10.5. The van der Waals surface area contributed by atoms with E-state index in [2.05, 4.69) is 13.8 Å². The molecule has 0 aliphatic carbocycles. The van der Waals surface area contributed by atoms with E-state index < -0.39 is 5.97 Å². The molecule has 2 heteroatoms. The zero-order valence-electron chi connectivity index (χ0n) is 25.9. The predicted octanol–water partition coefficient (Wildman–Crippen LogP) is 12.8. The second-order valence-corrected chi connectivity index (χ2v) is 12.6. The highest BCUT2D eigenvalue weighted by Crippen LogP contribution is 2.17. The molecule has 222 valence electrons. The van der Waals surface area contributed by atoms with Crippen molar-refractivity contribution in [2.75, 3.05) is 0 Å². The highest BCUT2D eigenvalue weighted by molar-refractivity contribution is 5.66. The van der Waals surface area contributed by atoms with E-state index in [9.17, 15) is 4.79 Å². The lowest BCUT2D eigenvalue weighted by atomic mass is 10.0. The molecular formula is C35H70O2. The highest BCUT2D eigenvalue weighted by Gasteiger charge is 1.98. The fourth-order valence-corrected chi connectivity index (χ4v) is 5.60. The fourth-order valence-electron chi connectivity index (χ4n) is 5.60. The van der Waals surface area contributed by atoms with Crippen molar-refractivity contribution < 1.29 is 9.90 Å². The average molecular weight is 523 g/mol. The van der Waals surface area contributed by atoms with Gasteiger partial charge in [0.1, 0.15) is 0 Å². The van der Waals surface area contributed by atoms with Crippen molar-refractivity contribution in [1.82, 2.24) is 0 Å². The van der Waals surface area contributed by atoms with Gasteiger partial charge in [-0.3, -0.25) is 4.79 Å². The third kappa shape index (κ3) is 35.5. The van der Waals surface area contributed by atoms with E-state index >= 15 is 0 Å². The molecule has 0 saturated carbocycles. The van der Waals surface area contributed by atoms with Gasteiger partial charge in [-0.25, -0.2) is 0 Å². The van der Waals surface area contributed by atoms with E-state index in [-0.39, 0.29) is 0 Å². The van der Waals surface area contributed by atoms with Crippen LogP contribution >= 0.6 is 0 Å². The molecule has 0 aliphatic rings. The van der Waals surface area contributed by atoms with Crippen LogP contribution in [0.4, 0.5) is 0 Å². The molecule has 37 heavy (non-hydrogen) atoms. The number of rotatable bonds is 32. The van der Waals surface area contributed by atoms with E-state index in [4.69, 9.17) is 5.11 Å². The standard InChI is InChI=1S/C35H70O2/c1-34(2)32-30-28-26-24-22-20-18-16-14-12-10-8-6-4-3-5-7-9-11-13-15-17-19-21-23-25-27-29-31-33-35(36)37/h34H,3-33H2,1-2H3,(H,36,37). The Balaban J connectivity index is 3.03. The van der Waals surface area contributed by atoms with Gasteiger partial charge < -0.3 is 5.11 Å². The molecule has 0 unspecified atom stereocenters. The van der Waals surface area contributed by atoms with Crippen LogP contribution in [0.25, 0.3) is 0 Å². The van der Waals surface area contributed by atoms with Crippen molar-refractivity contribution in [3.8, 4) is 0 Å². The number of unbranched alkanes of at least 4 members (excludes halogenated alkanes) is 28. The molecule has 0 radical (unpaired) electrons. The largest absolute Gasteiger partial charge is 0.481 e. The zero-order valence-corrected chi connectivity index (χ0v) is 25.9. The van der Waals surface area contributed by atoms with Crippen LogP contribution in [0.15, 0.2) is 0 Å². The van der Waals surface area contributed by atoms with Crippen molar-refractivity contribution in [1.29, 1.82) is 0 Å². The molecule has 0 spiro atoms. The summed E-state index contributed by atoms with van der Waals surface area (Å²) < 4.78 is 0. The number of carboxylic acids is 1. The lowest BCUT2D eigenvalue weighted by Gasteiger charge is -2.05. The van der Waals surface area contributed by atoms with E-state index in [1.807, 2.05) is 0 Å². The van der Waals surface area contributed by atoms with Crippen molar-refractivity contribution in [3.63, 3.8) is 0 Å². The third-order valence-corrected chi connectivity index (χ3v) is 8.17. The van der Waals surface area contributed by atoms with Crippen LogP contribution in [0.1, 0.15) is 213 Å². The minimum atomic E-state index is -0.648. The maximum Gasteiger partial charge on any atom is 0.303 e. The van der Waals surface area contributed by atoms with Gasteiger partial charge in [0.2, 0.25) is 0 Å². The number of aliphatic carboxylic acids is 1. The van der Waals surface area contributed by atoms with Crippen LogP contribution in [0.5, 0.6) is 0 Å². The molecule has 0 atom stereocenters. The molecule has 0 amide bonds. The summed E-state index contributed by atoms with van der Waals surface area (Å²) in [6.45, 7) is 4.68. The first kappa shape index (κ1) is 36.5. The van der Waals surface area contributed by atoms with Gasteiger partial charge in [0.15, 0.2) is 0 Å². The van der Waals surface area contributed by atoms with Gasteiger partial charge in [-0.1, -0.05) is 200 Å². The van der Waals surface area contributed by atoms with Crippen LogP contribution < -0.4 is 0 Å². The summed E-state index contributed by atoms with van der Waals surface area (Å²) in [5.41, 5.74) is 0. The predicted molar refractivity (Wildman–Crippen MR) is 166 cm³/mol. The number of carbonyl (C=O) groups is 1. The van der Waals surface area contributed by atoms with Crippen LogP contribution in [0.2, 0.25) is 0 Å². The van der Waals surface area contributed by atoms with Gasteiger partial charge >= 0.3 is 5.97 Å². The maximum atomic E-state index is 10.5. The quantitative estimate of drug-likeness (QED) is 0.0892. The summed E-state index contributed by atoms with van der Waals surface area (Å²) in [5.74, 6) is 0.240. The molecule has 1 N–H and O–H groups in total. The first-order chi connectivity index (χ1) is 18.1. The Bertz CT molecular complexity index is 431. The van der Waals surface area contributed by atoms with Gasteiger partial charge in [-0.05, 0) is 12.3 Å². The monoisotopic (exact) mass is 523 g/mol. The minimum Gasteiger partial charge on any atom is -0.481 e. The lowest BCUT2D eigenvalue weighted by Crippen LogP contribution is -1.93. The van der Waals surface area contributed by atoms with Gasteiger partial charge in [0.05, 0.1) is 0 Å². The molecule has 0 saturated heterocycles. The van der Waals surface area contributed by atoms with Gasteiger partial charge in [-0.15, -0.1) is 0 Å². The van der Waals surface area contributed by atoms with Gasteiger partial charge in [0, 0.05) is 6.42 Å². The Labute approximate surface area is 234 Å². The molecule has 0 heterocycles. The summed E-state index contributed by atoms with van der Waals surface area (Å²) in [6, 6.07) is 0. The molecular weight excluding hydrogens is 452 g/mol. The molecule has 0 aromatic heterocycles. The van der Waals surface area contributed by atoms with Crippen molar-refractivity contribution in [3.05, 3.63) is 0 Å². The number of hydrogen-bond donors (Lipinski definition) is 1. The van der Waals surface area contributed by atoms with E-state index in [1.165, 1.54) is 180 Å².